The zero-order chi connectivity index (χ0) is 23.1. The van der Waals surface area contributed by atoms with Crippen molar-refractivity contribution in [2.24, 2.45) is 0 Å². The van der Waals surface area contributed by atoms with E-state index in [0.717, 1.165) is 11.1 Å². The molecule has 32 heavy (non-hydrogen) atoms. The highest BCUT2D eigenvalue weighted by molar-refractivity contribution is 9.10. The molecule has 0 aliphatic rings. The second-order valence-electron chi connectivity index (χ2n) is 6.76. The Morgan fingerprint density at radius 2 is 1.84 bits per heavy atom. The fourth-order valence-corrected chi connectivity index (χ4v) is 4.75. The van der Waals surface area contributed by atoms with Crippen molar-refractivity contribution in [3.8, 4) is 11.5 Å². The number of halogens is 2. The highest BCUT2D eigenvalue weighted by Crippen LogP contribution is 2.26. The van der Waals surface area contributed by atoms with Crippen LogP contribution in [0.3, 0.4) is 0 Å². The molecular weight excluding hydrogens is 516 g/mol. The Kier molecular flexibility index (Phi) is 8.84. The highest BCUT2D eigenvalue weighted by atomic mass is 79.9. The average Bonchev–Trinajstić information content (AvgIpc) is 2.78. The second-order valence-corrected chi connectivity index (χ2v) is 9.38. The lowest BCUT2D eigenvalue weighted by Crippen LogP contribution is -2.24. The molecule has 0 fully saturated rings. The van der Waals surface area contributed by atoms with E-state index in [1.807, 2.05) is 24.3 Å². The van der Waals surface area contributed by atoms with Crippen LogP contribution in [0.2, 0.25) is 5.02 Å². The van der Waals surface area contributed by atoms with Gasteiger partial charge in [-0.25, -0.2) is 0 Å². The molecule has 0 aromatic heterocycles. The number of carbonyl (C=O) groups excluding carboxylic acids is 1. The van der Waals surface area contributed by atoms with Gasteiger partial charge in [0.15, 0.2) is 4.90 Å². The van der Waals surface area contributed by atoms with Crippen molar-refractivity contribution in [2.75, 3.05) is 19.5 Å². The summed E-state index contributed by atoms with van der Waals surface area (Å²) in [6.07, 6.45) is 0.139. The van der Waals surface area contributed by atoms with Crippen LogP contribution in [0.4, 0.5) is 5.69 Å². The van der Waals surface area contributed by atoms with E-state index < -0.39 is 11.4 Å². The predicted octanol–water partition coefficient (Wildman–Crippen LogP) is 5.11. The van der Waals surface area contributed by atoms with Crippen molar-refractivity contribution in [3.63, 3.8) is 0 Å². The molecule has 0 bridgehead atoms. The molecule has 1 amide bonds. The minimum atomic E-state index is -1.52. The van der Waals surface area contributed by atoms with E-state index in [4.69, 9.17) is 21.1 Å². The average molecular weight is 538 g/mol. The number of carbonyl (C=O) groups is 1. The first-order valence-electron chi connectivity index (χ1n) is 9.59. The molecule has 0 aliphatic carbocycles. The topological polar surface area (TPSA) is 82.6 Å². The third-order valence-electron chi connectivity index (χ3n) is 4.57. The molecular formula is C23H22BrClN2O4S. The summed E-state index contributed by atoms with van der Waals surface area (Å²) in [5.41, 5.74) is 2.11. The molecule has 3 aromatic carbocycles. The largest absolute Gasteiger partial charge is 0.593 e. The Hall–Kier alpha value is -2.23. The van der Waals surface area contributed by atoms with E-state index in [0.29, 0.717) is 38.1 Å². The van der Waals surface area contributed by atoms with Gasteiger partial charge in [-0.05, 0) is 23.8 Å². The van der Waals surface area contributed by atoms with Gasteiger partial charge in [0, 0.05) is 38.9 Å². The van der Waals surface area contributed by atoms with Gasteiger partial charge in [0.1, 0.15) is 11.5 Å². The summed E-state index contributed by atoms with van der Waals surface area (Å²) >= 11 is 8.03. The second kappa shape index (κ2) is 11.6. The first-order valence-corrected chi connectivity index (χ1v) is 11.9. The van der Waals surface area contributed by atoms with Crippen molar-refractivity contribution in [2.45, 2.75) is 17.9 Å². The third-order valence-corrected chi connectivity index (χ3v) is 6.46. The fraction of sp³-hybridized carbons (Fsp3) is 0.174. The van der Waals surface area contributed by atoms with E-state index in [1.54, 1.807) is 50.6 Å². The van der Waals surface area contributed by atoms with Gasteiger partial charge in [0.05, 0.1) is 38.5 Å². The van der Waals surface area contributed by atoms with Crippen LogP contribution in [0, 0.1) is 0 Å². The quantitative estimate of drug-likeness (QED) is 0.371. The van der Waals surface area contributed by atoms with Crippen molar-refractivity contribution in [1.82, 2.24) is 4.72 Å². The molecule has 3 aromatic rings. The number of hydrogen-bond acceptors (Lipinski definition) is 5. The van der Waals surface area contributed by atoms with E-state index in [-0.39, 0.29) is 12.3 Å². The number of benzene rings is 3. The Labute approximate surface area is 203 Å². The zero-order valence-electron chi connectivity index (χ0n) is 17.5. The number of ether oxygens (including phenoxy) is 2. The van der Waals surface area contributed by atoms with Crippen LogP contribution in [0.25, 0.3) is 0 Å². The number of nitrogens with one attached hydrogen (secondary N) is 2. The number of methoxy groups -OCH3 is 2. The molecule has 0 aliphatic heterocycles. The first kappa shape index (κ1) is 24.4. The standard InChI is InChI=1S/C23H22BrClN2O4S/c1-30-19-8-7-16(22(13-19)31-2)14-26-32(29)20-11-17(24)10-18(12-20)27-23(28)9-15-5-3-4-6-21(15)25/h3-8,10-13,26H,9,14H2,1-2H3,(H,27,28). The minimum Gasteiger partial charge on any atom is -0.593 e. The van der Waals surface area contributed by atoms with Gasteiger partial charge in [-0.1, -0.05) is 51.8 Å². The van der Waals surface area contributed by atoms with Gasteiger partial charge in [0.2, 0.25) is 5.91 Å². The molecule has 0 heterocycles. The van der Waals surface area contributed by atoms with Crippen molar-refractivity contribution in [1.29, 1.82) is 0 Å². The van der Waals surface area contributed by atoms with E-state index >= 15 is 0 Å². The Balaban J connectivity index is 1.67. The number of amides is 1. The van der Waals surface area contributed by atoms with Crippen LogP contribution in [0.15, 0.2) is 70.0 Å². The van der Waals surface area contributed by atoms with Crippen molar-refractivity contribution in [3.05, 3.63) is 81.3 Å². The zero-order valence-corrected chi connectivity index (χ0v) is 20.6. The molecule has 0 spiro atoms. The molecule has 168 valence electrons. The molecule has 1 atom stereocenters. The maximum absolute atomic E-state index is 12.9. The maximum atomic E-state index is 12.9. The number of rotatable bonds is 9. The van der Waals surface area contributed by atoms with E-state index in [9.17, 15) is 9.35 Å². The molecule has 2 N–H and O–H groups in total. The van der Waals surface area contributed by atoms with Crippen LogP contribution < -0.4 is 19.5 Å². The molecule has 3 rings (SSSR count). The molecule has 0 saturated carbocycles. The van der Waals surface area contributed by atoms with Crippen LogP contribution in [0.5, 0.6) is 11.5 Å². The van der Waals surface area contributed by atoms with Crippen LogP contribution in [-0.4, -0.2) is 24.7 Å². The fourth-order valence-electron chi connectivity index (χ4n) is 2.99. The van der Waals surface area contributed by atoms with E-state index in [2.05, 4.69) is 26.0 Å². The van der Waals surface area contributed by atoms with Crippen molar-refractivity contribution < 1.29 is 18.8 Å². The van der Waals surface area contributed by atoms with Crippen LogP contribution in [-0.2, 0) is 29.1 Å². The molecule has 9 heteroatoms. The summed E-state index contributed by atoms with van der Waals surface area (Å²) in [6, 6.07) is 17.8. The van der Waals surface area contributed by atoms with E-state index in [1.165, 1.54) is 0 Å². The maximum Gasteiger partial charge on any atom is 0.228 e. The smallest absolute Gasteiger partial charge is 0.228 e. The summed E-state index contributed by atoms with van der Waals surface area (Å²) in [6.45, 7) is 0.320. The Bertz CT molecular complexity index is 1100. The third kappa shape index (κ3) is 6.63. The molecule has 6 nitrogen and oxygen atoms in total. The Morgan fingerprint density at radius 1 is 1.06 bits per heavy atom. The van der Waals surface area contributed by atoms with Gasteiger partial charge in [-0.2, -0.15) is 0 Å². The minimum absolute atomic E-state index is 0.139. The van der Waals surface area contributed by atoms with Gasteiger partial charge in [-0.15, -0.1) is 4.72 Å². The summed E-state index contributed by atoms with van der Waals surface area (Å²) < 4.78 is 27.1. The Morgan fingerprint density at radius 3 is 2.56 bits per heavy atom. The monoisotopic (exact) mass is 536 g/mol. The highest BCUT2D eigenvalue weighted by Gasteiger charge is 2.16. The summed E-state index contributed by atoms with van der Waals surface area (Å²) in [7, 11) is 3.15. The normalized spacial score (nSPS) is 11.7. The predicted molar refractivity (Wildman–Crippen MR) is 131 cm³/mol. The van der Waals surface area contributed by atoms with Crippen molar-refractivity contribution >= 4 is 50.5 Å². The SMILES string of the molecule is COc1ccc(CN[S+]([O-])c2cc(Br)cc(NC(=O)Cc3ccccc3Cl)c2)c(OC)c1. The molecule has 1 unspecified atom stereocenters. The lowest BCUT2D eigenvalue weighted by atomic mass is 10.1. The lowest BCUT2D eigenvalue weighted by Gasteiger charge is -2.15. The summed E-state index contributed by atoms with van der Waals surface area (Å²) in [4.78, 5) is 13.0. The summed E-state index contributed by atoms with van der Waals surface area (Å²) in [5, 5.41) is 3.37. The van der Waals surface area contributed by atoms with Gasteiger partial charge in [0.25, 0.3) is 0 Å². The van der Waals surface area contributed by atoms with Gasteiger partial charge in [-0.3, -0.25) is 4.79 Å². The van der Waals surface area contributed by atoms with Crippen LogP contribution in [0.1, 0.15) is 11.1 Å². The molecule has 0 radical (unpaired) electrons. The van der Waals surface area contributed by atoms with Gasteiger partial charge >= 0.3 is 0 Å². The summed E-state index contributed by atoms with van der Waals surface area (Å²) in [5.74, 6) is 1.09. The lowest BCUT2D eigenvalue weighted by molar-refractivity contribution is -0.115. The van der Waals surface area contributed by atoms with Gasteiger partial charge < -0.3 is 19.3 Å². The first-order chi connectivity index (χ1) is 15.4. The van der Waals surface area contributed by atoms with Crippen LogP contribution >= 0.6 is 27.5 Å². The number of hydrogen-bond donors (Lipinski definition) is 2. The number of anilines is 1. The molecule has 0 saturated heterocycles.